The van der Waals surface area contributed by atoms with Crippen LogP contribution in [0.1, 0.15) is 78.6 Å². The largest absolute Gasteiger partial charge is 0.387 e. The van der Waals surface area contributed by atoms with Gasteiger partial charge in [0.05, 0.1) is 12.2 Å². The maximum atomic E-state index is 12.3. The summed E-state index contributed by atoms with van der Waals surface area (Å²) in [4.78, 5) is 12.3. The third-order valence-corrected chi connectivity index (χ3v) is 9.72. The molecule has 0 saturated heterocycles. The lowest BCUT2D eigenvalue weighted by molar-refractivity contribution is -0.163. The van der Waals surface area contributed by atoms with Crippen LogP contribution in [0.15, 0.2) is 0 Å². The molecule has 3 heteroatoms. The van der Waals surface area contributed by atoms with Gasteiger partial charge in [0.15, 0.2) is 0 Å². The Labute approximate surface area is 159 Å². The van der Waals surface area contributed by atoms with E-state index in [1.165, 1.54) is 32.1 Å². The summed E-state index contributed by atoms with van der Waals surface area (Å²) in [6.07, 6.45) is 10.4. The number of methoxy groups -OCH3 is 1. The van der Waals surface area contributed by atoms with Crippen molar-refractivity contribution in [2.75, 3.05) is 13.7 Å². The van der Waals surface area contributed by atoms with Gasteiger partial charge in [-0.1, -0.05) is 13.8 Å². The number of ketones is 1. The van der Waals surface area contributed by atoms with E-state index >= 15 is 0 Å². The monoisotopic (exact) mass is 362 g/mol. The molecule has 3 nitrogen and oxygen atoms in total. The number of hydrogen-bond acceptors (Lipinski definition) is 3. The molecule has 8 atom stereocenters. The standard InChI is InChI=1S/C23H38O3/c1-15(24)18-7-8-19-17-6-5-16-13-23(25,14-26-4)12-11-21(16,2)20(17)9-10-22(18,19)3/h16-20,25H,5-14H2,1-4H3/t16-,17-,18+,19-,20-,21-,22+,23+/m0/s1. The van der Waals surface area contributed by atoms with E-state index in [-0.39, 0.29) is 5.41 Å². The van der Waals surface area contributed by atoms with Gasteiger partial charge in [-0.15, -0.1) is 0 Å². The second-order valence-corrected chi connectivity index (χ2v) is 10.8. The van der Waals surface area contributed by atoms with Gasteiger partial charge in [0.2, 0.25) is 0 Å². The number of rotatable bonds is 3. The van der Waals surface area contributed by atoms with Crippen LogP contribution in [0.2, 0.25) is 0 Å². The lowest BCUT2D eigenvalue weighted by Gasteiger charge is -2.62. The van der Waals surface area contributed by atoms with Crippen molar-refractivity contribution in [3.63, 3.8) is 0 Å². The second kappa shape index (κ2) is 6.30. The molecule has 0 radical (unpaired) electrons. The van der Waals surface area contributed by atoms with E-state index in [9.17, 15) is 9.90 Å². The fourth-order valence-electron chi connectivity index (χ4n) is 8.39. The van der Waals surface area contributed by atoms with Crippen molar-refractivity contribution in [3.05, 3.63) is 0 Å². The van der Waals surface area contributed by atoms with E-state index in [0.717, 1.165) is 43.4 Å². The molecule has 4 saturated carbocycles. The number of fused-ring (bicyclic) bond motifs is 5. The fraction of sp³-hybridized carbons (Fsp3) is 0.957. The van der Waals surface area contributed by atoms with Crippen molar-refractivity contribution in [2.24, 2.45) is 40.4 Å². The van der Waals surface area contributed by atoms with E-state index in [1.54, 1.807) is 7.11 Å². The highest BCUT2D eigenvalue weighted by atomic mass is 16.5. The first-order chi connectivity index (χ1) is 12.2. The molecule has 0 aromatic carbocycles. The van der Waals surface area contributed by atoms with Gasteiger partial charge in [-0.3, -0.25) is 4.79 Å². The summed E-state index contributed by atoms with van der Waals surface area (Å²) < 4.78 is 5.33. The molecular formula is C23H38O3. The third-order valence-electron chi connectivity index (χ3n) is 9.72. The van der Waals surface area contributed by atoms with Crippen LogP contribution in [-0.2, 0) is 9.53 Å². The Morgan fingerprint density at radius 1 is 1.00 bits per heavy atom. The summed E-state index contributed by atoms with van der Waals surface area (Å²) in [5, 5.41) is 10.9. The van der Waals surface area contributed by atoms with Crippen LogP contribution in [0.25, 0.3) is 0 Å². The lowest BCUT2D eigenvalue weighted by atomic mass is 9.44. The molecule has 4 rings (SSSR count). The Morgan fingerprint density at radius 2 is 1.73 bits per heavy atom. The van der Waals surface area contributed by atoms with Gasteiger partial charge in [-0.2, -0.15) is 0 Å². The molecule has 0 unspecified atom stereocenters. The average Bonchev–Trinajstić information content (AvgIpc) is 2.93. The number of Topliss-reactive ketones (excluding diaryl/α,β-unsaturated/α-hetero) is 1. The quantitative estimate of drug-likeness (QED) is 0.797. The zero-order valence-corrected chi connectivity index (χ0v) is 17.2. The number of ether oxygens (including phenoxy) is 1. The molecule has 4 fully saturated rings. The van der Waals surface area contributed by atoms with Crippen LogP contribution < -0.4 is 0 Å². The molecule has 0 spiro atoms. The molecule has 0 amide bonds. The lowest BCUT2D eigenvalue weighted by Crippen LogP contribution is -2.56. The van der Waals surface area contributed by atoms with Gasteiger partial charge in [0.25, 0.3) is 0 Å². The summed E-state index contributed by atoms with van der Waals surface area (Å²) in [5.74, 6) is 3.69. The molecule has 0 heterocycles. The highest BCUT2D eigenvalue weighted by Gasteiger charge is 2.61. The summed E-state index contributed by atoms with van der Waals surface area (Å²) in [5.41, 5.74) is 0.0161. The minimum atomic E-state index is -0.609. The van der Waals surface area contributed by atoms with Crippen molar-refractivity contribution < 1.29 is 14.6 Å². The molecule has 4 aliphatic carbocycles. The van der Waals surface area contributed by atoms with Crippen molar-refractivity contribution in [2.45, 2.75) is 84.2 Å². The Morgan fingerprint density at radius 3 is 2.42 bits per heavy atom. The molecule has 26 heavy (non-hydrogen) atoms. The molecule has 148 valence electrons. The van der Waals surface area contributed by atoms with Gasteiger partial charge < -0.3 is 9.84 Å². The van der Waals surface area contributed by atoms with E-state index in [2.05, 4.69) is 13.8 Å². The molecule has 0 aliphatic heterocycles. The zero-order chi connectivity index (χ0) is 18.7. The smallest absolute Gasteiger partial charge is 0.133 e. The Balaban J connectivity index is 1.56. The summed E-state index contributed by atoms with van der Waals surface area (Å²) in [6, 6.07) is 0. The Hall–Kier alpha value is -0.410. The molecule has 0 bridgehead atoms. The van der Waals surface area contributed by atoms with E-state index in [0.29, 0.717) is 29.6 Å². The molecule has 0 aromatic rings. The Kier molecular flexibility index (Phi) is 4.59. The highest BCUT2D eigenvalue weighted by molar-refractivity contribution is 5.79. The van der Waals surface area contributed by atoms with Crippen molar-refractivity contribution >= 4 is 5.78 Å². The average molecular weight is 363 g/mol. The predicted octanol–water partition coefficient (Wildman–Crippen LogP) is 4.61. The van der Waals surface area contributed by atoms with Crippen LogP contribution in [0.4, 0.5) is 0 Å². The van der Waals surface area contributed by atoms with Gasteiger partial charge >= 0.3 is 0 Å². The predicted molar refractivity (Wildman–Crippen MR) is 103 cm³/mol. The van der Waals surface area contributed by atoms with E-state index in [4.69, 9.17) is 4.74 Å². The minimum absolute atomic E-state index is 0.252. The highest BCUT2D eigenvalue weighted by Crippen LogP contribution is 2.68. The fourth-order valence-corrected chi connectivity index (χ4v) is 8.39. The molecule has 4 aliphatic rings. The summed E-state index contributed by atoms with van der Waals surface area (Å²) in [7, 11) is 1.70. The van der Waals surface area contributed by atoms with Crippen molar-refractivity contribution in [1.29, 1.82) is 0 Å². The maximum absolute atomic E-state index is 12.3. The normalized spacial score (nSPS) is 53.5. The van der Waals surface area contributed by atoms with Crippen LogP contribution in [0, 0.1) is 40.4 Å². The van der Waals surface area contributed by atoms with Gasteiger partial charge in [0.1, 0.15) is 5.78 Å². The first kappa shape index (κ1) is 18.9. The maximum Gasteiger partial charge on any atom is 0.133 e. The van der Waals surface area contributed by atoms with Gasteiger partial charge in [-0.25, -0.2) is 0 Å². The summed E-state index contributed by atoms with van der Waals surface area (Å²) in [6.45, 7) is 7.26. The minimum Gasteiger partial charge on any atom is -0.387 e. The van der Waals surface area contributed by atoms with E-state index < -0.39 is 5.60 Å². The SMILES string of the molecule is COC[C@@]1(O)CC[C@@]2(C)[C@@H](CC[C@@H]3[C@@H]2CC[C@]2(C)[C@@H](C(C)=O)CC[C@@H]32)C1. The van der Waals surface area contributed by atoms with E-state index in [1.807, 2.05) is 6.92 Å². The third kappa shape index (κ3) is 2.64. The first-order valence-electron chi connectivity index (χ1n) is 11.0. The van der Waals surface area contributed by atoms with Crippen LogP contribution >= 0.6 is 0 Å². The van der Waals surface area contributed by atoms with Gasteiger partial charge in [-0.05, 0) is 99.2 Å². The summed E-state index contributed by atoms with van der Waals surface area (Å²) >= 11 is 0. The number of carbonyl (C=O) groups excluding carboxylic acids is 1. The molecule has 1 N–H and O–H groups in total. The van der Waals surface area contributed by atoms with Crippen LogP contribution in [-0.4, -0.2) is 30.2 Å². The second-order valence-electron chi connectivity index (χ2n) is 10.8. The molecular weight excluding hydrogens is 324 g/mol. The van der Waals surface area contributed by atoms with Crippen molar-refractivity contribution in [1.82, 2.24) is 0 Å². The number of hydrogen-bond donors (Lipinski definition) is 1. The van der Waals surface area contributed by atoms with Crippen LogP contribution in [0.5, 0.6) is 0 Å². The van der Waals surface area contributed by atoms with Gasteiger partial charge in [0, 0.05) is 13.0 Å². The number of carbonyl (C=O) groups is 1. The number of aliphatic hydroxyl groups is 1. The van der Waals surface area contributed by atoms with Crippen LogP contribution in [0.3, 0.4) is 0 Å². The zero-order valence-electron chi connectivity index (χ0n) is 17.2. The molecule has 0 aromatic heterocycles. The topological polar surface area (TPSA) is 46.5 Å². The Bertz CT molecular complexity index is 574. The first-order valence-corrected chi connectivity index (χ1v) is 11.0. The van der Waals surface area contributed by atoms with Crippen molar-refractivity contribution in [3.8, 4) is 0 Å².